The van der Waals surface area contributed by atoms with Gasteiger partial charge in [0.15, 0.2) is 0 Å². The third-order valence-electron chi connectivity index (χ3n) is 3.51. The number of carbonyl (C=O) groups excluding carboxylic acids is 2. The summed E-state index contributed by atoms with van der Waals surface area (Å²) in [6, 6.07) is 6.62. The van der Waals surface area contributed by atoms with Crippen LogP contribution >= 0.6 is 11.6 Å². The number of benzene rings is 1. The number of esters is 1. The van der Waals surface area contributed by atoms with Gasteiger partial charge in [0.2, 0.25) is 0 Å². The highest BCUT2D eigenvalue weighted by atomic mass is 35.5. The number of nitrogens with one attached hydrogen (secondary N) is 1. The molecular formula is C20H30ClNO4. The summed E-state index contributed by atoms with van der Waals surface area (Å²) in [6.45, 7) is 12.7. The van der Waals surface area contributed by atoms with Crippen molar-refractivity contribution in [3.63, 3.8) is 0 Å². The number of alkyl carbamates (subject to hydrolysis) is 1. The maximum Gasteiger partial charge on any atom is 0.408 e. The minimum atomic E-state index is -0.783. The van der Waals surface area contributed by atoms with Crippen molar-refractivity contribution in [1.82, 2.24) is 5.32 Å². The van der Waals surface area contributed by atoms with Gasteiger partial charge in [0.1, 0.15) is 17.2 Å². The summed E-state index contributed by atoms with van der Waals surface area (Å²) in [5.41, 5.74) is -0.356. The summed E-state index contributed by atoms with van der Waals surface area (Å²) in [4.78, 5) is 24.6. The average molecular weight is 384 g/mol. The van der Waals surface area contributed by atoms with Crippen molar-refractivity contribution in [3.8, 4) is 0 Å². The van der Waals surface area contributed by atoms with Crippen LogP contribution in [-0.4, -0.2) is 29.3 Å². The molecule has 5 nitrogen and oxygen atoms in total. The van der Waals surface area contributed by atoms with Gasteiger partial charge in [-0.05, 0) is 58.2 Å². The zero-order chi connectivity index (χ0) is 20.1. The highest BCUT2D eigenvalue weighted by Crippen LogP contribution is 2.21. The fraction of sp³-hybridized carbons (Fsp3) is 0.600. The first-order valence-electron chi connectivity index (χ1n) is 8.76. The van der Waals surface area contributed by atoms with E-state index >= 15 is 0 Å². The Bertz CT molecular complexity index is 618. The Hall–Kier alpha value is -1.75. The molecule has 0 aliphatic rings. The molecule has 1 aromatic carbocycles. The summed E-state index contributed by atoms with van der Waals surface area (Å²) in [5.74, 6) is -0.619. The predicted octanol–water partition coefficient (Wildman–Crippen LogP) is 4.75. The summed E-state index contributed by atoms with van der Waals surface area (Å²) in [5, 5.41) is 3.27. The van der Waals surface area contributed by atoms with Crippen LogP contribution in [0.1, 0.15) is 54.0 Å². The van der Waals surface area contributed by atoms with E-state index in [0.29, 0.717) is 11.4 Å². The molecule has 1 unspecified atom stereocenters. The monoisotopic (exact) mass is 383 g/mol. The maximum absolute atomic E-state index is 12.6. The number of hydrogen-bond acceptors (Lipinski definition) is 4. The Morgan fingerprint density at radius 1 is 1.04 bits per heavy atom. The molecule has 0 aromatic heterocycles. The zero-order valence-electron chi connectivity index (χ0n) is 16.7. The molecule has 0 radical (unpaired) electrons. The molecule has 0 aliphatic carbocycles. The standard InChI is InChI=1S/C20H30ClNO4/c1-13(2)16(22-18(24)26-19(3,4)5)17(23)25-20(6,7)12-14-8-10-15(21)11-9-14/h8-11,13,16H,12H2,1-7H3,(H,22,24). The van der Waals surface area contributed by atoms with E-state index < -0.39 is 29.3 Å². The van der Waals surface area contributed by atoms with Crippen molar-refractivity contribution < 1.29 is 19.1 Å². The molecule has 1 aromatic rings. The minimum absolute atomic E-state index is 0.138. The first kappa shape index (κ1) is 22.3. The fourth-order valence-electron chi connectivity index (χ4n) is 2.40. The van der Waals surface area contributed by atoms with E-state index in [2.05, 4.69) is 5.32 Å². The molecule has 6 heteroatoms. The van der Waals surface area contributed by atoms with Gasteiger partial charge in [-0.3, -0.25) is 0 Å². The van der Waals surface area contributed by atoms with Gasteiger partial charge in [0.25, 0.3) is 0 Å². The minimum Gasteiger partial charge on any atom is -0.458 e. The Labute approximate surface area is 161 Å². The second-order valence-electron chi connectivity index (χ2n) is 8.35. The smallest absolute Gasteiger partial charge is 0.408 e. The van der Waals surface area contributed by atoms with Gasteiger partial charge in [0.05, 0.1) is 0 Å². The highest BCUT2D eigenvalue weighted by molar-refractivity contribution is 6.30. The van der Waals surface area contributed by atoms with E-state index in [1.807, 2.05) is 39.8 Å². The number of halogens is 1. The lowest BCUT2D eigenvalue weighted by atomic mass is 9.97. The summed E-state index contributed by atoms with van der Waals surface area (Å²) < 4.78 is 10.9. The first-order chi connectivity index (χ1) is 11.8. The second kappa shape index (κ2) is 8.76. The Morgan fingerprint density at radius 3 is 2.04 bits per heavy atom. The molecule has 0 heterocycles. The third kappa shape index (κ3) is 8.09. The first-order valence-corrected chi connectivity index (χ1v) is 9.14. The predicted molar refractivity (Wildman–Crippen MR) is 103 cm³/mol. The molecule has 1 atom stereocenters. The molecule has 0 saturated heterocycles. The molecule has 1 rings (SSSR count). The van der Waals surface area contributed by atoms with Gasteiger partial charge >= 0.3 is 12.1 Å². The van der Waals surface area contributed by atoms with Crippen molar-refractivity contribution in [2.24, 2.45) is 5.92 Å². The van der Waals surface area contributed by atoms with Gasteiger partial charge in [-0.15, -0.1) is 0 Å². The van der Waals surface area contributed by atoms with E-state index in [4.69, 9.17) is 21.1 Å². The van der Waals surface area contributed by atoms with Crippen molar-refractivity contribution in [2.75, 3.05) is 0 Å². The Kier molecular flexibility index (Phi) is 7.51. The SMILES string of the molecule is CC(C)C(NC(=O)OC(C)(C)C)C(=O)OC(C)(C)Cc1ccc(Cl)cc1. The molecular weight excluding hydrogens is 354 g/mol. The van der Waals surface area contributed by atoms with Crippen LogP contribution in [0.4, 0.5) is 4.79 Å². The quantitative estimate of drug-likeness (QED) is 0.719. The van der Waals surface area contributed by atoms with Crippen LogP contribution < -0.4 is 5.32 Å². The van der Waals surface area contributed by atoms with Crippen molar-refractivity contribution in [3.05, 3.63) is 34.9 Å². The molecule has 0 saturated carbocycles. The van der Waals surface area contributed by atoms with Gasteiger partial charge in [0, 0.05) is 11.4 Å². The van der Waals surface area contributed by atoms with Crippen molar-refractivity contribution in [2.45, 2.75) is 72.1 Å². The lowest BCUT2D eigenvalue weighted by molar-refractivity contribution is -0.160. The topological polar surface area (TPSA) is 64.6 Å². The molecule has 146 valence electrons. The van der Waals surface area contributed by atoms with Gasteiger partial charge in [-0.2, -0.15) is 0 Å². The van der Waals surface area contributed by atoms with E-state index in [1.54, 1.807) is 32.9 Å². The van der Waals surface area contributed by atoms with Crippen LogP contribution in [0.5, 0.6) is 0 Å². The third-order valence-corrected chi connectivity index (χ3v) is 3.76. The van der Waals surface area contributed by atoms with Crippen molar-refractivity contribution >= 4 is 23.7 Å². The molecule has 0 fully saturated rings. The lowest BCUT2D eigenvalue weighted by Gasteiger charge is -2.30. The summed E-state index contributed by atoms with van der Waals surface area (Å²) in [6.07, 6.45) is -0.101. The fourth-order valence-corrected chi connectivity index (χ4v) is 2.52. The molecule has 0 aliphatic heterocycles. The number of carbonyl (C=O) groups is 2. The van der Waals surface area contributed by atoms with E-state index in [9.17, 15) is 9.59 Å². The van der Waals surface area contributed by atoms with Gasteiger partial charge in [-0.1, -0.05) is 37.6 Å². The van der Waals surface area contributed by atoms with E-state index in [-0.39, 0.29) is 5.92 Å². The molecule has 26 heavy (non-hydrogen) atoms. The number of rotatable bonds is 6. The van der Waals surface area contributed by atoms with Crippen LogP contribution in [-0.2, 0) is 20.7 Å². The number of ether oxygens (including phenoxy) is 2. The molecule has 1 N–H and O–H groups in total. The summed E-state index contributed by atoms with van der Waals surface area (Å²) >= 11 is 5.90. The van der Waals surface area contributed by atoms with Crippen LogP contribution in [0.25, 0.3) is 0 Å². The normalized spacial score (nSPS) is 13.3. The largest absolute Gasteiger partial charge is 0.458 e. The highest BCUT2D eigenvalue weighted by Gasteiger charge is 2.32. The van der Waals surface area contributed by atoms with Crippen LogP contribution in [0, 0.1) is 5.92 Å². The zero-order valence-corrected chi connectivity index (χ0v) is 17.4. The number of amides is 1. The molecule has 0 bridgehead atoms. The Morgan fingerprint density at radius 2 is 1.58 bits per heavy atom. The molecule has 1 amide bonds. The second-order valence-corrected chi connectivity index (χ2v) is 8.79. The number of hydrogen-bond donors (Lipinski definition) is 1. The summed E-state index contributed by atoms with van der Waals surface area (Å²) in [7, 11) is 0. The van der Waals surface area contributed by atoms with Gasteiger partial charge < -0.3 is 14.8 Å². The average Bonchev–Trinajstić information content (AvgIpc) is 2.44. The maximum atomic E-state index is 12.6. The van der Waals surface area contributed by atoms with E-state index in [0.717, 1.165) is 5.56 Å². The Balaban J connectivity index is 2.75. The lowest BCUT2D eigenvalue weighted by Crippen LogP contribution is -2.49. The van der Waals surface area contributed by atoms with Crippen molar-refractivity contribution in [1.29, 1.82) is 0 Å². The van der Waals surface area contributed by atoms with Crippen LogP contribution in [0.3, 0.4) is 0 Å². The van der Waals surface area contributed by atoms with Gasteiger partial charge in [-0.25, -0.2) is 9.59 Å². The van der Waals surface area contributed by atoms with E-state index in [1.165, 1.54) is 0 Å². The van der Waals surface area contributed by atoms with Crippen LogP contribution in [0.15, 0.2) is 24.3 Å². The molecule has 0 spiro atoms. The van der Waals surface area contributed by atoms with Crippen LogP contribution in [0.2, 0.25) is 5.02 Å².